The number of aromatic nitrogens is 2. The zero-order chi connectivity index (χ0) is 24.2. The SMILES string of the molecule is O=C1NC(=O)[C@](Cn2cc3ccc(F)cc3c2O)(c2ccc(-c3cccc4ncccc34)cc2)N1. The molecule has 0 aliphatic carbocycles. The second-order valence-corrected chi connectivity index (χ2v) is 8.58. The molecule has 6 rings (SSSR count). The number of nitrogens with one attached hydrogen (secondary N) is 2. The summed E-state index contributed by atoms with van der Waals surface area (Å²) < 4.78 is 15.2. The molecule has 1 atom stereocenters. The molecule has 0 bridgehead atoms. The monoisotopic (exact) mass is 466 g/mol. The van der Waals surface area contributed by atoms with Crippen molar-refractivity contribution in [3.8, 4) is 17.0 Å². The molecule has 7 nitrogen and oxygen atoms in total. The van der Waals surface area contributed by atoms with Crippen molar-refractivity contribution in [1.82, 2.24) is 20.2 Å². The molecule has 8 heteroatoms. The van der Waals surface area contributed by atoms with Crippen LogP contribution >= 0.6 is 0 Å². The van der Waals surface area contributed by atoms with Crippen molar-refractivity contribution in [3.63, 3.8) is 0 Å². The van der Waals surface area contributed by atoms with Crippen molar-refractivity contribution in [3.05, 3.63) is 96.6 Å². The van der Waals surface area contributed by atoms with Gasteiger partial charge in [0, 0.05) is 28.6 Å². The van der Waals surface area contributed by atoms with Crippen LogP contribution in [-0.4, -0.2) is 26.6 Å². The van der Waals surface area contributed by atoms with E-state index in [1.54, 1.807) is 30.6 Å². The number of nitrogens with zero attached hydrogens (tertiary/aromatic N) is 2. The highest BCUT2D eigenvalue weighted by Crippen LogP contribution is 2.35. The number of carbonyl (C=O) groups excluding carboxylic acids is 2. The van der Waals surface area contributed by atoms with E-state index in [-0.39, 0.29) is 12.4 Å². The predicted molar refractivity (Wildman–Crippen MR) is 129 cm³/mol. The van der Waals surface area contributed by atoms with Crippen molar-refractivity contribution in [1.29, 1.82) is 0 Å². The Labute approximate surface area is 198 Å². The van der Waals surface area contributed by atoms with E-state index in [9.17, 15) is 19.1 Å². The van der Waals surface area contributed by atoms with E-state index in [1.165, 1.54) is 16.7 Å². The summed E-state index contributed by atoms with van der Waals surface area (Å²) in [4.78, 5) is 29.7. The molecule has 2 aromatic heterocycles. The lowest BCUT2D eigenvalue weighted by molar-refractivity contribution is -0.124. The number of amides is 3. The van der Waals surface area contributed by atoms with Gasteiger partial charge in [0.15, 0.2) is 11.4 Å². The number of hydrogen-bond donors (Lipinski definition) is 3. The van der Waals surface area contributed by atoms with Gasteiger partial charge in [-0.1, -0.05) is 42.5 Å². The van der Waals surface area contributed by atoms with Gasteiger partial charge in [-0.25, -0.2) is 9.18 Å². The first-order valence-electron chi connectivity index (χ1n) is 11.0. The average molecular weight is 466 g/mol. The molecule has 3 heterocycles. The second-order valence-electron chi connectivity index (χ2n) is 8.58. The van der Waals surface area contributed by atoms with Gasteiger partial charge >= 0.3 is 6.03 Å². The van der Waals surface area contributed by atoms with Crippen LogP contribution in [0.2, 0.25) is 0 Å². The maximum Gasteiger partial charge on any atom is 0.322 e. The van der Waals surface area contributed by atoms with Crippen LogP contribution in [-0.2, 0) is 16.9 Å². The summed E-state index contributed by atoms with van der Waals surface area (Å²) in [6, 6.07) is 20.6. The summed E-state index contributed by atoms with van der Waals surface area (Å²) >= 11 is 0. The Balaban J connectivity index is 1.43. The number of hydrogen-bond acceptors (Lipinski definition) is 4. The van der Waals surface area contributed by atoms with E-state index in [1.807, 2.05) is 42.5 Å². The first kappa shape index (κ1) is 20.9. The smallest absolute Gasteiger partial charge is 0.322 e. The van der Waals surface area contributed by atoms with Crippen molar-refractivity contribution in [2.75, 3.05) is 0 Å². The molecule has 1 aliphatic rings. The van der Waals surface area contributed by atoms with E-state index < -0.39 is 23.3 Å². The number of halogens is 1. The normalized spacial score (nSPS) is 17.6. The highest BCUT2D eigenvalue weighted by Gasteiger charge is 2.48. The Bertz CT molecular complexity index is 1640. The van der Waals surface area contributed by atoms with Gasteiger partial charge in [-0.15, -0.1) is 0 Å². The molecule has 35 heavy (non-hydrogen) atoms. The van der Waals surface area contributed by atoms with Crippen molar-refractivity contribution in [2.45, 2.75) is 12.1 Å². The highest BCUT2D eigenvalue weighted by atomic mass is 19.1. The number of carbonyl (C=O) groups is 2. The van der Waals surface area contributed by atoms with Crippen molar-refractivity contribution in [2.24, 2.45) is 0 Å². The fourth-order valence-electron chi connectivity index (χ4n) is 4.78. The predicted octanol–water partition coefficient (Wildman–Crippen LogP) is 4.44. The quantitative estimate of drug-likeness (QED) is 0.341. The number of pyridine rings is 1. The molecule has 3 amide bonds. The number of imide groups is 1. The van der Waals surface area contributed by atoms with Crippen molar-refractivity contribution >= 4 is 33.6 Å². The second kappa shape index (κ2) is 7.66. The molecular weight excluding hydrogens is 447 g/mol. The van der Waals surface area contributed by atoms with Crippen LogP contribution in [0.15, 0.2) is 85.2 Å². The molecule has 1 aliphatic heterocycles. The molecule has 1 saturated heterocycles. The number of urea groups is 1. The largest absolute Gasteiger partial charge is 0.494 e. The first-order valence-corrected chi connectivity index (χ1v) is 11.0. The molecule has 172 valence electrons. The number of aromatic hydroxyl groups is 1. The first-order chi connectivity index (χ1) is 16.9. The molecule has 1 fully saturated rings. The molecule has 3 N–H and O–H groups in total. The molecule has 0 saturated carbocycles. The third-order valence-electron chi connectivity index (χ3n) is 6.51. The van der Waals surface area contributed by atoms with Gasteiger partial charge in [0.25, 0.3) is 5.91 Å². The van der Waals surface area contributed by atoms with Crippen LogP contribution in [0.25, 0.3) is 32.8 Å². The van der Waals surface area contributed by atoms with Crippen LogP contribution in [0.5, 0.6) is 5.88 Å². The lowest BCUT2D eigenvalue weighted by atomic mass is 9.88. The summed E-state index contributed by atoms with van der Waals surface area (Å²) in [5.41, 5.74) is 1.89. The fourth-order valence-corrected chi connectivity index (χ4v) is 4.78. The third kappa shape index (κ3) is 3.30. The highest BCUT2D eigenvalue weighted by molar-refractivity contribution is 6.07. The van der Waals surface area contributed by atoms with Crippen molar-refractivity contribution < 1.29 is 19.1 Å². The van der Waals surface area contributed by atoms with Gasteiger partial charge < -0.3 is 15.0 Å². The van der Waals surface area contributed by atoms with Crippen LogP contribution < -0.4 is 10.6 Å². The Hall–Kier alpha value is -4.72. The summed E-state index contributed by atoms with van der Waals surface area (Å²) in [6.07, 6.45) is 3.37. The molecule has 0 spiro atoms. The summed E-state index contributed by atoms with van der Waals surface area (Å²) in [6.45, 7) is -0.0791. The summed E-state index contributed by atoms with van der Waals surface area (Å²) in [7, 11) is 0. The van der Waals surface area contributed by atoms with Gasteiger partial charge in [-0.2, -0.15) is 0 Å². The maximum atomic E-state index is 13.7. The Morgan fingerprint density at radius 3 is 2.57 bits per heavy atom. The van der Waals surface area contributed by atoms with Gasteiger partial charge in [-0.3, -0.25) is 15.1 Å². The topological polar surface area (TPSA) is 96.2 Å². The molecule has 5 aromatic rings. The van der Waals surface area contributed by atoms with Gasteiger partial charge in [0.2, 0.25) is 0 Å². The van der Waals surface area contributed by atoms with Gasteiger partial charge in [0.05, 0.1) is 12.1 Å². The van der Waals surface area contributed by atoms with E-state index in [4.69, 9.17) is 0 Å². The zero-order valence-corrected chi connectivity index (χ0v) is 18.3. The number of benzene rings is 3. The third-order valence-corrected chi connectivity index (χ3v) is 6.51. The van der Waals surface area contributed by atoms with Crippen LogP contribution in [0, 0.1) is 5.82 Å². The lowest BCUT2D eigenvalue weighted by Gasteiger charge is -2.27. The standard InChI is InChI=1S/C27H19FN4O3/c28-19-11-8-17-14-32(24(33)22(17)13-19)15-27(25(34)30-26(35)31-27)18-9-6-16(7-10-18)20-3-1-5-23-21(20)4-2-12-29-23/h1-14,33H,15H2,(H2,30,31,34,35)/t27-/m0/s1. The summed E-state index contributed by atoms with van der Waals surface area (Å²) in [5.74, 6) is -1.20. The van der Waals surface area contributed by atoms with E-state index in [2.05, 4.69) is 15.6 Å². The van der Waals surface area contributed by atoms with Crippen LogP contribution in [0.1, 0.15) is 5.56 Å². The minimum absolute atomic E-state index is 0.0791. The molecule has 0 unspecified atom stereocenters. The average Bonchev–Trinajstić information content (AvgIpc) is 3.33. The number of rotatable bonds is 4. The zero-order valence-electron chi connectivity index (χ0n) is 18.3. The van der Waals surface area contributed by atoms with Crippen LogP contribution in [0.3, 0.4) is 0 Å². The van der Waals surface area contributed by atoms with Gasteiger partial charge in [0.1, 0.15) is 5.82 Å². The minimum atomic E-state index is -1.46. The minimum Gasteiger partial charge on any atom is -0.494 e. The fraction of sp³-hybridized carbons (Fsp3) is 0.0741. The Kier molecular flexibility index (Phi) is 4.57. The molecular formula is C27H19FN4O3. The molecule has 0 radical (unpaired) electrons. The lowest BCUT2D eigenvalue weighted by Crippen LogP contribution is -2.47. The van der Waals surface area contributed by atoms with E-state index >= 15 is 0 Å². The number of fused-ring (bicyclic) bond motifs is 2. The Morgan fingerprint density at radius 1 is 0.971 bits per heavy atom. The molecule has 3 aromatic carbocycles. The maximum absolute atomic E-state index is 13.7. The Morgan fingerprint density at radius 2 is 1.80 bits per heavy atom. The van der Waals surface area contributed by atoms with E-state index in [0.717, 1.165) is 22.0 Å². The van der Waals surface area contributed by atoms with Crippen LogP contribution in [0.4, 0.5) is 9.18 Å². The van der Waals surface area contributed by atoms with Gasteiger partial charge in [-0.05, 0) is 47.0 Å². The summed E-state index contributed by atoms with van der Waals surface area (Å²) in [5, 5.41) is 17.7. The van der Waals surface area contributed by atoms with E-state index in [0.29, 0.717) is 16.3 Å².